The number of nitrogens with one attached hydrogen (secondary N) is 2. The van der Waals surface area contributed by atoms with Gasteiger partial charge < -0.3 is 15.2 Å². The minimum Gasteiger partial charge on any atom is -0.338 e. The maximum Gasteiger partial charge on any atom is 0.224 e. The molecule has 1 saturated heterocycles. The van der Waals surface area contributed by atoms with Crippen molar-refractivity contribution in [1.82, 2.24) is 15.2 Å². The van der Waals surface area contributed by atoms with Gasteiger partial charge in [0.2, 0.25) is 5.91 Å². The first kappa shape index (κ1) is 14.3. The highest BCUT2D eigenvalue weighted by Gasteiger charge is 2.20. The Morgan fingerprint density at radius 3 is 2.17 bits per heavy atom. The number of para-hydroxylation sites is 2. The summed E-state index contributed by atoms with van der Waals surface area (Å²) >= 11 is 0. The summed E-state index contributed by atoms with van der Waals surface area (Å²) in [5.74, 6) is 0.317. The largest absolute Gasteiger partial charge is 0.338 e. The summed E-state index contributed by atoms with van der Waals surface area (Å²) in [6.07, 6.45) is 1.86. The zero-order chi connectivity index (χ0) is 15.6. The van der Waals surface area contributed by atoms with Crippen LogP contribution in [0.25, 0.3) is 21.8 Å². The van der Waals surface area contributed by atoms with E-state index in [1.54, 1.807) is 0 Å². The Morgan fingerprint density at radius 1 is 1.00 bits per heavy atom. The highest BCUT2D eigenvalue weighted by Crippen LogP contribution is 2.28. The SMILES string of the molecule is O=C(NCn1c2ccccc2c2ccccc21)C1CCNCC1. The molecule has 4 heteroatoms. The lowest BCUT2D eigenvalue weighted by atomic mass is 9.97. The monoisotopic (exact) mass is 307 g/mol. The summed E-state index contributed by atoms with van der Waals surface area (Å²) in [5.41, 5.74) is 2.33. The van der Waals surface area contributed by atoms with Crippen molar-refractivity contribution in [3.8, 4) is 0 Å². The summed E-state index contributed by atoms with van der Waals surface area (Å²) in [5, 5.41) is 8.91. The third-order valence-corrected chi connectivity index (χ3v) is 4.80. The van der Waals surface area contributed by atoms with E-state index in [4.69, 9.17) is 0 Å². The first-order chi connectivity index (χ1) is 11.3. The summed E-state index contributed by atoms with van der Waals surface area (Å²) in [6.45, 7) is 2.40. The van der Waals surface area contributed by atoms with E-state index in [1.165, 1.54) is 21.8 Å². The van der Waals surface area contributed by atoms with Gasteiger partial charge in [-0.2, -0.15) is 0 Å². The van der Waals surface area contributed by atoms with Crippen LogP contribution < -0.4 is 10.6 Å². The molecule has 1 fully saturated rings. The van der Waals surface area contributed by atoms with Crippen LogP contribution in [0, 0.1) is 5.92 Å². The first-order valence-electron chi connectivity index (χ1n) is 8.29. The van der Waals surface area contributed by atoms with Gasteiger partial charge in [-0.15, -0.1) is 0 Å². The molecule has 1 aliphatic heterocycles. The van der Waals surface area contributed by atoms with Gasteiger partial charge in [0.05, 0.1) is 17.7 Å². The topological polar surface area (TPSA) is 46.1 Å². The fourth-order valence-electron chi connectivity index (χ4n) is 3.56. The number of benzene rings is 2. The average Bonchev–Trinajstić information content (AvgIpc) is 2.94. The van der Waals surface area contributed by atoms with Crippen LogP contribution in [0.15, 0.2) is 48.5 Å². The molecule has 0 aliphatic carbocycles. The van der Waals surface area contributed by atoms with Crippen LogP contribution >= 0.6 is 0 Å². The van der Waals surface area contributed by atoms with Gasteiger partial charge >= 0.3 is 0 Å². The lowest BCUT2D eigenvalue weighted by Gasteiger charge is -2.22. The van der Waals surface area contributed by atoms with Gasteiger partial charge in [-0.05, 0) is 38.1 Å². The molecule has 23 heavy (non-hydrogen) atoms. The molecular weight excluding hydrogens is 286 g/mol. The molecule has 4 nitrogen and oxygen atoms in total. The maximum absolute atomic E-state index is 12.4. The first-order valence-corrected chi connectivity index (χ1v) is 8.29. The summed E-state index contributed by atoms with van der Waals surface area (Å²) in [7, 11) is 0. The molecule has 1 aliphatic rings. The average molecular weight is 307 g/mol. The number of rotatable bonds is 3. The molecule has 2 aromatic carbocycles. The van der Waals surface area contributed by atoms with Crippen molar-refractivity contribution in [3.63, 3.8) is 0 Å². The van der Waals surface area contributed by atoms with Crippen molar-refractivity contribution in [1.29, 1.82) is 0 Å². The number of hydrogen-bond acceptors (Lipinski definition) is 2. The summed E-state index contributed by atoms with van der Waals surface area (Å²) < 4.78 is 2.20. The van der Waals surface area contributed by atoms with E-state index in [0.29, 0.717) is 6.67 Å². The fraction of sp³-hybridized carbons (Fsp3) is 0.316. The van der Waals surface area contributed by atoms with E-state index in [0.717, 1.165) is 25.9 Å². The Kier molecular flexibility index (Phi) is 3.75. The van der Waals surface area contributed by atoms with Crippen LogP contribution in [0.3, 0.4) is 0 Å². The van der Waals surface area contributed by atoms with E-state index in [9.17, 15) is 4.79 Å². The summed E-state index contributed by atoms with van der Waals surface area (Å²) in [6, 6.07) is 16.7. The molecule has 0 unspecified atom stereocenters. The van der Waals surface area contributed by atoms with Gasteiger partial charge in [0.15, 0.2) is 0 Å². The Bertz CT molecular complexity index is 793. The smallest absolute Gasteiger partial charge is 0.224 e. The second-order valence-corrected chi connectivity index (χ2v) is 6.19. The molecule has 2 heterocycles. The molecule has 1 amide bonds. The molecule has 0 bridgehead atoms. The van der Waals surface area contributed by atoms with E-state index < -0.39 is 0 Å². The van der Waals surface area contributed by atoms with Crippen molar-refractivity contribution in [2.45, 2.75) is 19.5 Å². The van der Waals surface area contributed by atoms with Gasteiger partial charge in [-0.3, -0.25) is 4.79 Å². The van der Waals surface area contributed by atoms with Crippen molar-refractivity contribution < 1.29 is 4.79 Å². The Morgan fingerprint density at radius 2 is 1.57 bits per heavy atom. The van der Waals surface area contributed by atoms with E-state index >= 15 is 0 Å². The molecule has 118 valence electrons. The number of nitrogens with zero attached hydrogens (tertiary/aromatic N) is 1. The van der Waals surface area contributed by atoms with Crippen molar-refractivity contribution in [2.24, 2.45) is 5.92 Å². The molecule has 2 N–H and O–H groups in total. The fourth-order valence-corrected chi connectivity index (χ4v) is 3.56. The van der Waals surface area contributed by atoms with Crippen LogP contribution in [-0.2, 0) is 11.5 Å². The number of fused-ring (bicyclic) bond motifs is 3. The zero-order valence-corrected chi connectivity index (χ0v) is 13.1. The Labute approximate surface area is 135 Å². The normalized spacial score (nSPS) is 16.0. The second-order valence-electron chi connectivity index (χ2n) is 6.19. The molecule has 0 saturated carbocycles. The van der Waals surface area contributed by atoms with E-state index in [-0.39, 0.29) is 11.8 Å². The van der Waals surface area contributed by atoms with Crippen LogP contribution in [0.5, 0.6) is 0 Å². The van der Waals surface area contributed by atoms with E-state index in [2.05, 4.69) is 51.6 Å². The van der Waals surface area contributed by atoms with Gasteiger partial charge in [0.25, 0.3) is 0 Å². The van der Waals surface area contributed by atoms with Crippen molar-refractivity contribution >= 4 is 27.7 Å². The molecule has 0 atom stereocenters. The van der Waals surface area contributed by atoms with Crippen LogP contribution in [0.4, 0.5) is 0 Å². The zero-order valence-electron chi connectivity index (χ0n) is 13.1. The standard InChI is InChI=1S/C19H21N3O/c23-19(14-9-11-20-12-10-14)21-13-22-17-7-3-1-5-15(17)16-6-2-4-8-18(16)22/h1-8,14,20H,9-13H2,(H,21,23). The molecule has 3 aromatic rings. The van der Waals surface area contributed by atoms with Crippen LogP contribution in [0.2, 0.25) is 0 Å². The van der Waals surface area contributed by atoms with Gasteiger partial charge in [0, 0.05) is 16.7 Å². The number of piperidine rings is 1. The molecular formula is C19H21N3O. The molecule has 0 radical (unpaired) electrons. The van der Waals surface area contributed by atoms with Gasteiger partial charge in [-0.25, -0.2) is 0 Å². The number of carbonyl (C=O) groups is 1. The number of aromatic nitrogens is 1. The van der Waals surface area contributed by atoms with Crippen LogP contribution in [-0.4, -0.2) is 23.6 Å². The third-order valence-electron chi connectivity index (χ3n) is 4.80. The van der Waals surface area contributed by atoms with E-state index in [1.807, 2.05) is 12.1 Å². The minimum atomic E-state index is 0.143. The Hall–Kier alpha value is -2.33. The second kappa shape index (κ2) is 6.05. The minimum absolute atomic E-state index is 0.143. The number of amides is 1. The third kappa shape index (κ3) is 2.59. The molecule has 0 spiro atoms. The lowest BCUT2D eigenvalue weighted by Crippen LogP contribution is -2.38. The van der Waals surface area contributed by atoms with Crippen molar-refractivity contribution in [3.05, 3.63) is 48.5 Å². The number of carbonyl (C=O) groups excluding carboxylic acids is 1. The lowest BCUT2D eigenvalue weighted by molar-refractivity contribution is -0.126. The predicted octanol–water partition coefficient (Wildman–Crippen LogP) is 2.87. The van der Waals surface area contributed by atoms with Gasteiger partial charge in [0.1, 0.15) is 0 Å². The maximum atomic E-state index is 12.4. The highest BCUT2D eigenvalue weighted by molar-refractivity contribution is 6.08. The van der Waals surface area contributed by atoms with Crippen molar-refractivity contribution in [2.75, 3.05) is 13.1 Å². The summed E-state index contributed by atoms with van der Waals surface area (Å²) in [4.78, 5) is 12.4. The van der Waals surface area contributed by atoms with Crippen LogP contribution in [0.1, 0.15) is 12.8 Å². The molecule has 1 aromatic heterocycles. The predicted molar refractivity (Wildman–Crippen MR) is 93.2 cm³/mol. The number of hydrogen-bond donors (Lipinski definition) is 2. The highest BCUT2D eigenvalue weighted by atomic mass is 16.2. The Balaban J connectivity index is 1.64. The van der Waals surface area contributed by atoms with Gasteiger partial charge in [-0.1, -0.05) is 36.4 Å². The quantitative estimate of drug-likeness (QED) is 0.781. The molecule has 4 rings (SSSR count).